The van der Waals surface area contributed by atoms with Gasteiger partial charge in [-0.15, -0.1) is 0 Å². The number of amides is 1. The molecule has 0 saturated carbocycles. The Bertz CT molecular complexity index is 836. The molecule has 0 N–H and O–H groups in total. The molecule has 0 aliphatic carbocycles. The summed E-state index contributed by atoms with van der Waals surface area (Å²) >= 11 is 6.10. The van der Waals surface area contributed by atoms with E-state index in [4.69, 9.17) is 16.0 Å². The lowest BCUT2D eigenvalue weighted by Gasteiger charge is -2.16. The number of benzene rings is 1. The van der Waals surface area contributed by atoms with Crippen LogP contribution < -0.4 is 0 Å². The number of hydrogen-bond donors (Lipinski definition) is 0. The predicted octanol–water partition coefficient (Wildman–Crippen LogP) is 4.27. The average molecular weight is 344 g/mol. The summed E-state index contributed by atoms with van der Waals surface area (Å²) in [6, 6.07) is 12.7. The van der Waals surface area contributed by atoms with Crippen LogP contribution in [-0.2, 0) is 0 Å². The van der Waals surface area contributed by atoms with Crippen LogP contribution in [0.3, 0.4) is 0 Å². The molecular formula is C18H18ClN3O2. The van der Waals surface area contributed by atoms with Crippen molar-refractivity contribution in [3.05, 3.63) is 59.4 Å². The molecule has 0 saturated heterocycles. The molecule has 0 fully saturated rings. The van der Waals surface area contributed by atoms with E-state index in [9.17, 15) is 4.79 Å². The molecule has 3 aromatic rings. The second-order valence-electron chi connectivity index (χ2n) is 5.26. The third-order valence-electron chi connectivity index (χ3n) is 3.81. The van der Waals surface area contributed by atoms with Crippen molar-refractivity contribution in [1.82, 2.24) is 14.7 Å². The Labute approximate surface area is 145 Å². The Balaban J connectivity index is 2.12. The molecule has 0 aliphatic rings. The van der Waals surface area contributed by atoms with E-state index in [-0.39, 0.29) is 5.91 Å². The minimum Gasteiger partial charge on any atom is -0.463 e. The van der Waals surface area contributed by atoms with E-state index in [1.807, 2.05) is 32.0 Å². The molecule has 5 nitrogen and oxygen atoms in total. The van der Waals surface area contributed by atoms with Crippen molar-refractivity contribution in [2.45, 2.75) is 13.8 Å². The highest BCUT2D eigenvalue weighted by Crippen LogP contribution is 2.26. The van der Waals surface area contributed by atoms with Crippen molar-refractivity contribution in [3.63, 3.8) is 0 Å². The van der Waals surface area contributed by atoms with E-state index < -0.39 is 0 Å². The van der Waals surface area contributed by atoms with Gasteiger partial charge in [-0.3, -0.25) is 4.79 Å². The van der Waals surface area contributed by atoms with Crippen molar-refractivity contribution >= 4 is 17.5 Å². The quantitative estimate of drug-likeness (QED) is 0.695. The first-order valence-corrected chi connectivity index (χ1v) is 8.21. The van der Waals surface area contributed by atoms with Crippen LogP contribution >= 0.6 is 11.6 Å². The van der Waals surface area contributed by atoms with E-state index in [0.29, 0.717) is 35.3 Å². The number of carbonyl (C=O) groups is 1. The summed E-state index contributed by atoms with van der Waals surface area (Å²) in [6.45, 7) is 5.16. The molecule has 2 heterocycles. The molecule has 0 aliphatic heterocycles. The van der Waals surface area contributed by atoms with Crippen LogP contribution in [0.15, 0.2) is 53.1 Å². The average Bonchev–Trinajstić information content (AvgIpc) is 3.25. The molecule has 124 valence electrons. The molecule has 1 amide bonds. The van der Waals surface area contributed by atoms with E-state index >= 15 is 0 Å². The van der Waals surface area contributed by atoms with Gasteiger partial charge in [0.2, 0.25) is 0 Å². The molecule has 3 rings (SSSR count). The molecule has 0 unspecified atom stereocenters. The zero-order chi connectivity index (χ0) is 17.1. The van der Waals surface area contributed by atoms with Gasteiger partial charge < -0.3 is 9.32 Å². The van der Waals surface area contributed by atoms with Crippen LogP contribution in [0, 0.1) is 0 Å². The summed E-state index contributed by atoms with van der Waals surface area (Å²) in [7, 11) is 0. The van der Waals surface area contributed by atoms with Crippen LogP contribution in [0.4, 0.5) is 0 Å². The van der Waals surface area contributed by atoms with Gasteiger partial charge in [-0.1, -0.05) is 17.7 Å². The Kier molecular flexibility index (Phi) is 4.71. The van der Waals surface area contributed by atoms with Crippen molar-refractivity contribution in [3.8, 4) is 17.1 Å². The third kappa shape index (κ3) is 3.08. The van der Waals surface area contributed by atoms with E-state index in [1.54, 1.807) is 40.1 Å². The maximum absolute atomic E-state index is 12.6. The first-order valence-electron chi connectivity index (χ1n) is 7.83. The zero-order valence-electron chi connectivity index (χ0n) is 13.6. The van der Waals surface area contributed by atoms with Gasteiger partial charge in [0, 0.05) is 24.2 Å². The Morgan fingerprint density at radius 3 is 2.62 bits per heavy atom. The van der Waals surface area contributed by atoms with Crippen molar-refractivity contribution in [2.24, 2.45) is 0 Å². The summed E-state index contributed by atoms with van der Waals surface area (Å²) in [5, 5.41) is 5.10. The summed E-state index contributed by atoms with van der Waals surface area (Å²) in [6.07, 6.45) is 1.59. The maximum atomic E-state index is 12.6. The topological polar surface area (TPSA) is 51.3 Å². The van der Waals surface area contributed by atoms with Gasteiger partial charge in [0.15, 0.2) is 11.5 Å². The fourth-order valence-corrected chi connectivity index (χ4v) is 2.75. The number of nitrogens with zero attached hydrogens (tertiary/aromatic N) is 3. The summed E-state index contributed by atoms with van der Waals surface area (Å²) in [4.78, 5) is 14.4. The number of rotatable bonds is 5. The molecular weight excluding hydrogens is 326 g/mol. The lowest BCUT2D eigenvalue weighted by molar-refractivity contribution is 0.0766. The highest BCUT2D eigenvalue weighted by atomic mass is 35.5. The number of halogens is 1. The lowest BCUT2D eigenvalue weighted by Crippen LogP contribution is -2.30. The van der Waals surface area contributed by atoms with Crippen molar-refractivity contribution in [2.75, 3.05) is 13.1 Å². The summed E-state index contributed by atoms with van der Waals surface area (Å²) in [5.41, 5.74) is 1.86. The van der Waals surface area contributed by atoms with Gasteiger partial charge in [0.25, 0.3) is 5.91 Å². The van der Waals surface area contributed by atoms with Crippen LogP contribution in [-0.4, -0.2) is 33.7 Å². The fraction of sp³-hybridized carbons (Fsp3) is 0.222. The molecule has 6 heteroatoms. The third-order valence-corrected chi connectivity index (χ3v) is 4.04. The van der Waals surface area contributed by atoms with Gasteiger partial charge in [-0.25, -0.2) is 4.68 Å². The first-order chi connectivity index (χ1) is 11.6. The second-order valence-corrected chi connectivity index (χ2v) is 5.70. The van der Waals surface area contributed by atoms with Gasteiger partial charge >= 0.3 is 0 Å². The van der Waals surface area contributed by atoms with Gasteiger partial charge in [-0.05, 0) is 44.2 Å². The van der Waals surface area contributed by atoms with Crippen LogP contribution in [0.25, 0.3) is 17.1 Å². The standard InChI is InChI=1S/C18H18ClN3O2/c1-3-21(4-2)18(23)15-12-16(17-9-6-10-24-17)22(20-15)14-8-5-7-13(19)11-14/h5-12H,3-4H2,1-2H3. The molecule has 0 bridgehead atoms. The molecule has 1 aromatic carbocycles. The smallest absolute Gasteiger partial charge is 0.274 e. The van der Waals surface area contributed by atoms with E-state index in [2.05, 4.69) is 5.10 Å². The second kappa shape index (κ2) is 6.93. The summed E-state index contributed by atoms with van der Waals surface area (Å²) < 4.78 is 7.18. The maximum Gasteiger partial charge on any atom is 0.274 e. The predicted molar refractivity (Wildman–Crippen MR) is 93.5 cm³/mol. The highest BCUT2D eigenvalue weighted by molar-refractivity contribution is 6.30. The SMILES string of the molecule is CCN(CC)C(=O)c1cc(-c2ccco2)n(-c2cccc(Cl)c2)n1. The number of furan rings is 1. The molecule has 0 spiro atoms. The number of hydrogen-bond acceptors (Lipinski definition) is 3. The largest absolute Gasteiger partial charge is 0.463 e. The van der Waals surface area contributed by atoms with E-state index in [0.717, 1.165) is 5.69 Å². The van der Waals surface area contributed by atoms with Gasteiger partial charge in [-0.2, -0.15) is 5.10 Å². The van der Waals surface area contributed by atoms with Gasteiger partial charge in [0.1, 0.15) is 5.69 Å². The summed E-state index contributed by atoms with van der Waals surface area (Å²) in [5.74, 6) is 0.537. The normalized spacial score (nSPS) is 10.8. The van der Waals surface area contributed by atoms with Crippen molar-refractivity contribution < 1.29 is 9.21 Å². The van der Waals surface area contributed by atoms with Crippen LogP contribution in [0.1, 0.15) is 24.3 Å². The van der Waals surface area contributed by atoms with Crippen molar-refractivity contribution in [1.29, 1.82) is 0 Å². The Morgan fingerprint density at radius 2 is 2.00 bits per heavy atom. The molecule has 0 radical (unpaired) electrons. The van der Waals surface area contributed by atoms with Gasteiger partial charge in [0.05, 0.1) is 12.0 Å². The van der Waals surface area contributed by atoms with E-state index in [1.165, 1.54) is 0 Å². The fourth-order valence-electron chi connectivity index (χ4n) is 2.56. The minimum atomic E-state index is -0.103. The first kappa shape index (κ1) is 16.3. The Hall–Kier alpha value is -2.53. The zero-order valence-corrected chi connectivity index (χ0v) is 14.3. The monoisotopic (exact) mass is 343 g/mol. The molecule has 24 heavy (non-hydrogen) atoms. The molecule has 0 atom stereocenters. The lowest BCUT2D eigenvalue weighted by atomic mass is 10.2. The van der Waals surface area contributed by atoms with Crippen LogP contribution in [0.5, 0.6) is 0 Å². The molecule has 2 aromatic heterocycles. The number of aromatic nitrogens is 2. The minimum absolute atomic E-state index is 0.103. The van der Waals surface area contributed by atoms with Crippen LogP contribution in [0.2, 0.25) is 5.02 Å². The Morgan fingerprint density at radius 1 is 1.21 bits per heavy atom. The highest BCUT2D eigenvalue weighted by Gasteiger charge is 2.21. The number of carbonyl (C=O) groups excluding carboxylic acids is 1.